The lowest BCUT2D eigenvalue weighted by molar-refractivity contribution is -0.384. The number of benzene rings is 2. The Morgan fingerprint density at radius 3 is 2.54 bits per heavy atom. The van der Waals surface area contributed by atoms with Crippen molar-refractivity contribution in [1.82, 2.24) is 4.31 Å². The minimum atomic E-state index is -3.76. The molecule has 3 rings (SSSR count). The second kappa shape index (κ2) is 8.07. The summed E-state index contributed by atoms with van der Waals surface area (Å²) in [5.41, 5.74) is 1.91. The monoisotopic (exact) mass is 403 g/mol. The second-order valence-electron chi connectivity index (χ2n) is 6.61. The van der Waals surface area contributed by atoms with E-state index in [1.807, 2.05) is 24.3 Å². The van der Waals surface area contributed by atoms with Crippen LogP contribution in [0.4, 0.5) is 11.4 Å². The molecule has 1 aliphatic heterocycles. The van der Waals surface area contributed by atoms with Gasteiger partial charge in [-0.1, -0.05) is 18.2 Å². The highest BCUT2D eigenvalue weighted by Gasteiger charge is 2.25. The third-order valence-corrected chi connectivity index (χ3v) is 6.68. The molecule has 1 heterocycles. The van der Waals surface area contributed by atoms with E-state index in [9.17, 15) is 23.3 Å². The van der Waals surface area contributed by atoms with Crippen LogP contribution < -0.4 is 4.90 Å². The lowest BCUT2D eigenvalue weighted by atomic mass is 10.2. The molecule has 0 fully saturated rings. The van der Waals surface area contributed by atoms with Gasteiger partial charge in [0.15, 0.2) is 0 Å². The number of fused-ring (bicyclic) bond motifs is 1. The zero-order chi connectivity index (χ0) is 20.3. The fourth-order valence-corrected chi connectivity index (χ4v) is 4.43. The average Bonchev–Trinajstić information content (AvgIpc) is 3.12. The van der Waals surface area contributed by atoms with E-state index >= 15 is 0 Å². The van der Waals surface area contributed by atoms with Gasteiger partial charge >= 0.3 is 0 Å². The van der Waals surface area contributed by atoms with Gasteiger partial charge in [0.1, 0.15) is 0 Å². The standard InChI is InChI=1S/C19H21N3O5S/c1-20(28(26,27)17-10-8-16(9-11-17)22(24)25)13-4-7-19(23)21-14-12-15-5-2-3-6-18(15)21/h2-3,5-6,8-11H,4,7,12-14H2,1H3. The number of nitrogens with zero attached hydrogens (tertiary/aromatic N) is 3. The molecular formula is C19H21N3O5S. The molecule has 2 aromatic rings. The molecule has 0 spiro atoms. The number of carbonyl (C=O) groups excluding carboxylic acids is 1. The van der Waals surface area contributed by atoms with Crippen molar-refractivity contribution >= 4 is 27.3 Å². The topological polar surface area (TPSA) is 101 Å². The second-order valence-corrected chi connectivity index (χ2v) is 8.65. The summed E-state index contributed by atoms with van der Waals surface area (Å²) >= 11 is 0. The predicted octanol–water partition coefficient (Wildman–Crippen LogP) is 2.58. The quantitative estimate of drug-likeness (QED) is 0.522. The molecule has 148 valence electrons. The third-order valence-electron chi connectivity index (χ3n) is 4.81. The molecule has 1 amide bonds. The molecule has 9 heteroatoms. The Bertz CT molecular complexity index is 989. The minimum Gasteiger partial charge on any atom is -0.312 e. The summed E-state index contributed by atoms with van der Waals surface area (Å²) in [6.45, 7) is 0.829. The fourth-order valence-electron chi connectivity index (χ4n) is 3.23. The van der Waals surface area contributed by atoms with Gasteiger partial charge in [-0.15, -0.1) is 0 Å². The maximum absolute atomic E-state index is 12.6. The van der Waals surface area contributed by atoms with Crippen molar-refractivity contribution in [2.24, 2.45) is 0 Å². The average molecular weight is 403 g/mol. The molecule has 0 saturated heterocycles. The van der Waals surface area contributed by atoms with Crippen molar-refractivity contribution in [3.05, 3.63) is 64.2 Å². The van der Waals surface area contributed by atoms with E-state index in [1.54, 1.807) is 4.90 Å². The van der Waals surface area contributed by atoms with E-state index in [-0.39, 0.29) is 29.5 Å². The number of hydrogen-bond acceptors (Lipinski definition) is 5. The first-order valence-corrected chi connectivity index (χ1v) is 10.3. The van der Waals surface area contributed by atoms with E-state index in [0.717, 1.165) is 29.8 Å². The van der Waals surface area contributed by atoms with E-state index in [4.69, 9.17) is 0 Å². The van der Waals surface area contributed by atoms with Gasteiger partial charge in [0, 0.05) is 44.4 Å². The highest BCUT2D eigenvalue weighted by Crippen LogP contribution is 2.28. The molecule has 8 nitrogen and oxygen atoms in total. The van der Waals surface area contributed by atoms with Gasteiger partial charge in [-0.05, 0) is 36.6 Å². The molecule has 0 bridgehead atoms. The van der Waals surface area contributed by atoms with Crippen molar-refractivity contribution in [2.75, 3.05) is 25.0 Å². The Morgan fingerprint density at radius 2 is 1.86 bits per heavy atom. The van der Waals surface area contributed by atoms with Gasteiger partial charge in [0.2, 0.25) is 15.9 Å². The van der Waals surface area contributed by atoms with Crippen molar-refractivity contribution in [2.45, 2.75) is 24.2 Å². The Labute approximate surface area is 163 Å². The van der Waals surface area contributed by atoms with Gasteiger partial charge < -0.3 is 4.90 Å². The van der Waals surface area contributed by atoms with Crippen LogP contribution in [0, 0.1) is 10.1 Å². The van der Waals surface area contributed by atoms with E-state index in [1.165, 1.54) is 23.5 Å². The normalized spacial score (nSPS) is 13.6. The fraction of sp³-hybridized carbons (Fsp3) is 0.316. The van der Waals surface area contributed by atoms with Crippen LogP contribution >= 0.6 is 0 Å². The van der Waals surface area contributed by atoms with Crippen molar-refractivity contribution < 1.29 is 18.1 Å². The predicted molar refractivity (Wildman–Crippen MR) is 105 cm³/mol. The Morgan fingerprint density at radius 1 is 1.18 bits per heavy atom. The summed E-state index contributed by atoms with van der Waals surface area (Å²) in [4.78, 5) is 24.4. The highest BCUT2D eigenvalue weighted by atomic mass is 32.2. The summed E-state index contributed by atoms with van der Waals surface area (Å²) in [7, 11) is -2.32. The molecule has 0 atom stereocenters. The SMILES string of the molecule is CN(CCCC(=O)N1CCc2ccccc21)S(=O)(=O)c1ccc([N+](=O)[O-])cc1. The number of para-hydroxylation sites is 1. The first-order chi connectivity index (χ1) is 13.3. The third kappa shape index (κ3) is 4.05. The van der Waals surface area contributed by atoms with E-state index in [2.05, 4.69) is 0 Å². The first-order valence-electron chi connectivity index (χ1n) is 8.90. The molecule has 0 N–H and O–H groups in total. The zero-order valence-electron chi connectivity index (χ0n) is 15.4. The number of nitro groups is 1. The number of non-ortho nitro benzene ring substituents is 1. The van der Waals surface area contributed by atoms with Gasteiger partial charge in [-0.25, -0.2) is 12.7 Å². The van der Waals surface area contributed by atoms with Crippen LogP contribution in [0.1, 0.15) is 18.4 Å². The largest absolute Gasteiger partial charge is 0.312 e. The smallest absolute Gasteiger partial charge is 0.269 e. The molecule has 0 aromatic heterocycles. The van der Waals surface area contributed by atoms with Crippen LogP contribution in [0.25, 0.3) is 0 Å². The van der Waals surface area contributed by atoms with Gasteiger partial charge in [0.05, 0.1) is 9.82 Å². The molecule has 0 radical (unpaired) electrons. The Balaban J connectivity index is 1.57. The molecular weight excluding hydrogens is 382 g/mol. The van der Waals surface area contributed by atoms with E-state index in [0.29, 0.717) is 13.0 Å². The highest BCUT2D eigenvalue weighted by molar-refractivity contribution is 7.89. The van der Waals surface area contributed by atoms with Gasteiger partial charge in [-0.3, -0.25) is 14.9 Å². The van der Waals surface area contributed by atoms with Gasteiger partial charge in [-0.2, -0.15) is 0 Å². The first kappa shape index (κ1) is 20.0. The molecule has 0 unspecified atom stereocenters. The molecule has 1 aliphatic rings. The van der Waals surface area contributed by atoms with Crippen LogP contribution in [-0.2, 0) is 21.2 Å². The minimum absolute atomic E-state index is 0.0135. The maximum atomic E-state index is 12.6. The van der Waals surface area contributed by atoms with Crippen molar-refractivity contribution in [1.29, 1.82) is 0 Å². The number of rotatable bonds is 7. The van der Waals surface area contributed by atoms with Gasteiger partial charge in [0.25, 0.3) is 5.69 Å². The maximum Gasteiger partial charge on any atom is 0.269 e. The van der Waals surface area contributed by atoms with Crippen molar-refractivity contribution in [3.63, 3.8) is 0 Å². The van der Waals surface area contributed by atoms with E-state index < -0.39 is 14.9 Å². The number of anilines is 1. The van der Waals surface area contributed by atoms with Crippen molar-refractivity contribution in [3.8, 4) is 0 Å². The summed E-state index contributed by atoms with van der Waals surface area (Å²) < 4.78 is 26.3. The molecule has 2 aromatic carbocycles. The summed E-state index contributed by atoms with van der Waals surface area (Å²) in [6, 6.07) is 12.5. The zero-order valence-corrected chi connectivity index (χ0v) is 16.3. The molecule has 28 heavy (non-hydrogen) atoms. The van der Waals surface area contributed by atoms with Crippen LogP contribution in [-0.4, -0.2) is 43.7 Å². The molecule has 0 aliphatic carbocycles. The van der Waals surface area contributed by atoms with Crippen LogP contribution in [0.15, 0.2) is 53.4 Å². The van der Waals surface area contributed by atoms with Crippen LogP contribution in [0.3, 0.4) is 0 Å². The number of carbonyl (C=O) groups is 1. The lowest BCUT2D eigenvalue weighted by Crippen LogP contribution is -2.31. The molecule has 0 saturated carbocycles. The lowest BCUT2D eigenvalue weighted by Gasteiger charge is -2.19. The van der Waals surface area contributed by atoms with Crippen LogP contribution in [0.5, 0.6) is 0 Å². The summed E-state index contributed by atoms with van der Waals surface area (Å²) in [5.74, 6) is -0.0221. The number of nitro benzene ring substituents is 1. The number of hydrogen-bond donors (Lipinski definition) is 0. The Kier molecular flexibility index (Phi) is 5.76. The number of sulfonamides is 1. The summed E-state index contributed by atoms with van der Waals surface area (Å²) in [5, 5.41) is 10.7. The van der Waals surface area contributed by atoms with Crippen LogP contribution in [0.2, 0.25) is 0 Å². The Hall–Kier alpha value is -2.78. The summed E-state index contributed by atoms with van der Waals surface area (Å²) in [6.07, 6.45) is 1.46. The number of amides is 1.